The van der Waals surface area contributed by atoms with Crippen LogP contribution in [0.5, 0.6) is 0 Å². The lowest BCUT2D eigenvalue weighted by molar-refractivity contribution is -0.140. The molecule has 0 aliphatic rings. The van der Waals surface area contributed by atoms with Gasteiger partial charge in [-0.3, -0.25) is 9.59 Å². The summed E-state index contributed by atoms with van der Waals surface area (Å²) in [5.74, 6) is -0.543. The number of aromatic nitrogens is 1. The molecule has 0 spiro atoms. The molecule has 0 bridgehead atoms. The molecule has 0 amide bonds. The molecule has 0 unspecified atom stereocenters. The van der Waals surface area contributed by atoms with Gasteiger partial charge in [-0.2, -0.15) is 0 Å². The van der Waals surface area contributed by atoms with Gasteiger partial charge in [0.05, 0.1) is 19.3 Å². The second kappa shape index (κ2) is 12.6. The van der Waals surface area contributed by atoms with E-state index >= 15 is 0 Å². The number of ether oxygens (including phenoxy) is 1. The van der Waals surface area contributed by atoms with E-state index in [4.69, 9.17) is 11.6 Å². The van der Waals surface area contributed by atoms with E-state index in [0.717, 1.165) is 19.3 Å². The summed E-state index contributed by atoms with van der Waals surface area (Å²) in [6.07, 6.45) is 6.60. The molecule has 0 saturated heterocycles. The van der Waals surface area contributed by atoms with Crippen LogP contribution < -0.4 is 0 Å². The van der Waals surface area contributed by atoms with Crippen molar-refractivity contribution in [1.29, 1.82) is 0 Å². The van der Waals surface area contributed by atoms with Crippen molar-refractivity contribution in [2.75, 3.05) is 7.11 Å². The van der Waals surface area contributed by atoms with E-state index in [0.29, 0.717) is 24.0 Å². The van der Waals surface area contributed by atoms with Crippen LogP contribution in [-0.4, -0.2) is 46.3 Å². The number of nitrogens with zero attached hydrogens (tertiary/aromatic N) is 1. The zero-order chi connectivity index (χ0) is 20.2. The molecule has 7 heteroatoms. The fourth-order valence-corrected chi connectivity index (χ4v) is 2.72. The number of aliphatic hydroxyl groups excluding tert-OH is 2. The number of halogens is 1. The smallest absolute Gasteiger partial charge is 0.305 e. The van der Waals surface area contributed by atoms with E-state index in [2.05, 4.69) is 16.6 Å². The summed E-state index contributed by atoms with van der Waals surface area (Å²) in [5.41, 5.74) is 0.867. The molecule has 0 aromatic carbocycles. The molecular formula is C20H28ClNO5. The zero-order valence-corrected chi connectivity index (χ0v) is 16.6. The highest BCUT2D eigenvalue weighted by molar-refractivity contribution is 6.29. The van der Waals surface area contributed by atoms with E-state index in [1.807, 2.05) is 0 Å². The Kier molecular flexibility index (Phi) is 10.9. The topological polar surface area (TPSA) is 96.7 Å². The lowest BCUT2D eigenvalue weighted by atomic mass is 10.0. The SMILES string of the molecule is CCCCC[C@H](O)[C@H](O)/C=C/c1cc(Cl)ncc1C(=O)CCCC(=O)OC. The summed E-state index contributed by atoms with van der Waals surface area (Å²) < 4.78 is 4.56. The first-order valence-corrected chi connectivity index (χ1v) is 9.56. The highest BCUT2D eigenvalue weighted by atomic mass is 35.5. The van der Waals surface area contributed by atoms with Gasteiger partial charge in [-0.25, -0.2) is 4.98 Å². The number of Topliss-reactive ketones (excluding diaryl/α,β-unsaturated/α-hetero) is 1. The highest BCUT2D eigenvalue weighted by Gasteiger charge is 2.15. The largest absolute Gasteiger partial charge is 0.469 e. The number of hydrogen-bond acceptors (Lipinski definition) is 6. The van der Waals surface area contributed by atoms with Crippen LogP contribution in [0, 0.1) is 0 Å². The van der Waals surface area contributed by atoms with Crippen molar-refractivity contribution in [2.24, 2.45) is 0 Å². The number of aliphatic hydroxyl groups is 2. The Hall–Kier alpha value is -1.76. The number of pyridine rings is 1. The quantitative estimate of drug-likeness (QED) is 0.242. The summed E-state index contributed by atoms with van der Waals surface area (Å²) in [7, 11) is 1.30. The molecule has 0 fully saturated rings. The lowest BCUT2D eigenvalue weighted by Gasteiger charge is -2.14. The van der Waals surface area contributed by atoms with Crippen LogP contribution in [-0.2, 0) is 9.53 Å². The van der Waals surface area contributed by atoms with Crippen LogP contribution in [0.3, 0.4) is 0 Å². The van der Waals surface area contributed by atoms with Gasteiger partial charge >= 0.3 is 5.97 Å². The standard InChI is InChI=1S/C20H28ClNO5/c1-3-4-5-7-17(24)18(25)11-10-14-12-19(21)22-13-15(14)16(23)8-6-9-20(26)27-2/h10-13,17-18,24-25H,3-9H2,1-2H3/b11-10+/t17-,18+/m0/s1. The predicted molar refractivity (Wildman–Crippen MR) is 105 cm³/mol. The van der Waals surface area contributed by atoms with Crippen LogP contribution in [0.4, 0.5) is 0 Å². The van der Waals surface area contributed by atoms with Crippen molar-refractivity contribution < 1.29 is 24.5 Å². The Balaban J connectivity index is 2.77. The Morgan fingerprint density at radius 1 is 1.26 bits per heavy atom. The number of unbranched alkanes of at least 4 members (excludes halogenated alkanes) is 2. The minimum Gasteiger partial charge on any atom is -0.469 e. The molecule has 2 N–H and O–H groups in total. The van der Waals surface area contributed by atoms with Gasteiger partial charge in [0.15, 0.2) is 5.78 Å². The van der Waals surface area contributed by atoms with Gasteiger partial charge in [-0.15, -0.1) is 0 Å². The molecule has 1 aromatic rings. The normalized spacial score (nSPS) is 13.5. The minimum atomic E-state index is -1.03. The maximum absolute atomic E-state index is 12.4. The average Bonchev–Trinajstić information content (AvgIpc) is 2.65. The molecule has 2 atom stereocenters. The van der Waals surface area contributed by atoms with E-state index in [1.54, 1.807) is 6.08 Å². The van der Waals surface area contributed by atoms with Crippen LogP contribution in [0.15, 0.2) is 18.3 Å². The molecule has 0 saturated carbocycles. The lowest BCUT2D eigenvalue weighted by Crippen LogP contribution is -2.23. The number of methoxy groups -OCH3 is 1. The van der Waals surface area contributed by atoms with Crippen molar-refractivity contribution in [3.8, 4) is 0 Å². The van der Waals surface area contributed by atoms with Crippen LogP contribution in [0.1, 0.15) is 67.8 Å². The van der Waals surface area contributed by atoms with E-state index in [1.165, 1.54) is 25.4 Å². The van der Waals surface area contributed by atoms with Gasteiger partial charge in [0, 0.05) is 24.6 Å². The molecule has 6 nitrogen and oxygen atoms in total. The third-order valence-corrected chi connectivity index (χ3v) is 4.39. The third-order valence-electron chi connectivity index (χ3n) is 4.19. The van der Waals surface area contributed by atoms with Crippen molar-refractivity contribution in [2.45, 2.75) is 64.1 Å². The molecule has 0 aliphatic heterocycles. The van der Waals surface area contributed by atoms with Gasteiger partial charge in [0.2, 0.25) is 0 Å². The van der Waals surface area contributed by atoms with Crippen molar-refractivity contribution >= 4 is 29.4 Å². The van der Waals surface area contributed by atoms with Crippen LogP contribution in [0.25, 0.3) is 6.08 Å². The highest BCUT2D eigenvalue weighted by Crippen LogP contribution is 2.19. The predicted octanol–water partition coefficient (Wildman–Crippen LogP) is 3.58. The van der Waals surface area contributed by atoms with E-state index < -0.39 is 12.2 Å². The number of ketones is 1. The number of carbonyl (C=O) groups is 2. The van der Waals surface area contributed by atoms with Crippen molar-refractivity contribution in [3.63, 3.8) is 0 Å². The summed E-state index contributed by atoms with van der Waals surface area (Å²) in [6.45, 7) is 2.07. The first-order chi connectivity index (χ1) is 12.9. The van der Waals surface area contributed by atoms with Gasteiger partial charge in [0.25, 0.3) is 0 Å². The van der Waals surface area contributed by atoms with Crippen LogP contribution in [0.2, 0.25) is 5.15 Å². The van der Waals surface area contributed by atoms with Gasteiger partial charge < -0.3 is 14.9 Å². The first kappa shape index (κ1) is 23.3. The second-order valence-corrected chi connectivity index (χ2v) is 6.75. The Bertz CT molecular complexity index is 647. The molecule has 1 heterocycles. The second-order valence-electron chi connectivity index (χ2n) is 6.36. The Labute approximate surface area is 165 Å². The summed E-state index contributed by atoms with van der Waals surface area (Å²) >= 11 is 5.92. The molecule has 1 rings (SSSR count). The molecular weight excluding hydrogens is 370 g/mol. The number of esters is 1. The maximum Gasteiger partial charge on any atom is 0.305 e. The molecule has 1 aromatic heterocycles. The molecule has 27 heavy (non-hydrogen) atoms. The van der Waals surface area contributed by atoms with E-state index in [-0.39, 0.29) is 29.7 Å². The monoisotopic (exact) mass is 397 g/mol. The zero-order valence-electron chi connectivity index (χ0n) is 15.9. The van der Waals surface area contributed by atoms with E-state index in [9.17, 15) is 19.8 Å². The number of hydrogen-bond donors (Lipinski definition) is 2. The van der Waals surface area contributed by atoms with Crippen molar-refractivity contribution in [1.82, 2.24) is 4.98 Å². The van der Waals surface area contributed by atoms with Crippen LogP contribution >= 0.6 is 11.6 Å². The fourth-order valence-electron chi connectivity index (χ4n) is 2.55. The average molecular weight is 398 g/mol. The maximum atomic E-state index is 12.4. The Morgan fingerprint density at radius 3 is 2.67 bits per heavy atom. The van der Waals surface area contributed by atoms with Gasteiger partial charge in [-0.1, -0.05) is 49.9 Å². The fraction of sp³-hybridized carbons (Fsp3) is 0.550. The van der Waals surface area contributed by atoms with Gasteiger partial charge in [-0.05, 0) is 24.5 Å². The Morgan fingerprint density at radius 2 is 2.00 bits per heavy atom. The number of rotatable bonds is 12. The number of carbonyl (C=O) groups excluding carboxylic acids is 2. The summed E-state index contributed by atoms with van der Waals surface area (Å²) in [5, 5.41) is 20.3. The first-order valence-electron chi connectivity index (χ1n) is 9.18. The summed E-state index contributed by atoms with van der Waals surface area (Å²) in [6, 6.07) is 1.53. The minimum absolute atomic E-state index is 0.164. The molecule has 0 radical (unpaired) electrons. The summed E-state index contributed by atoms with van der Waals surface area (Å²) in [4.78, 5) is 27.5. The molecule has 150 valence electrons. The molecule has 0 aliphatic carbocycles. The third kappa shape index (κ3) is 8.65. The van der Waals surface area contributed by atoms with Crippen molar-refractivity contribution in [3.05, 3.63) is 34.6 Å². The van der Waals surface area contributed by atoms with Gasteiger partial charge in [0.1, 0.15) is 5.15 Å².